The minimum absolute atomic E-state index is 0.0853. The summed E-state index contributed by atoms with van der Waals surface area (Å²) in [7, 11) is 0. The molecule has 1 aliphatic heterocycles. The maximum atomic E-state index is 12.6. The molecule has 3 rings (SSSR count). The van der Waals surface area contributed by atoms with Crippen LogP contribution in [0.25, 0.3) is 0 Å². The lowest BCUT2D eigenvalue weighted by Crippen LogP contribution is -2.46. The van der Waals surface area contributed by atoms with E-state index in [1.54, 1.807) is 32.9 Å². The average Bonchev–Trinajstić information content (AvgIpc) is 3.04. The molecule has 8 nitrogen and oxygen atoms in total. The average molecular weight is 355 g/mol. The van der Waals surface area contributed by atoms with E-state index in [2.05, 4.69) is 10.4 Å². The first kappa shape index (κ1) is 17.4. The van der Waals surface area contributed by atoms with Crippen molar-refractivity contribution in [2.45, 2.75) is 20.8 Å². The van der Waals surface area contributed by atoms with E-state index < -0.39 is 23.7 Å². The fourth-order valence-corrected chi connectivity index (χ4v) is 2.93. The summed E-state index contributed by atoms with van der Waals surface area (Å²) in [6.45, 7) is 5.12. The second kappa shape index (κ2) is 6.47. The molecule has 1 aliphatic rings. The molecular weight excluding hydrogens is 338 g/mol. The Balaban J connectivity index is 1.86. The summed E-state index contributed by atoms with van der Waals surface area (Å²) in [6.07, 6.45) is 0. The molecular formula is C18H17N3O5. The van der Waals surface area contributed by atoms with Gasteiger partial charge in [-0.1, -0.05) is 12.1 Å². The van der Waals surface area contributed by atoms with Crippen LogP contribution in [0.15, 0.2) is 24.3 Å². The molecule has 26 heavy (non-hydrogen) atoms. The van der Waals surface area contributed by atoms with Crippen molar-refractivity contribution >= 4 is 23.7 Å². The zero-order chi connectivity index (χ0) is 19.0. The van der Waals surface area contributed by atoms with Gasteiger partial charge in [-0.3, -0.25) is 19.8 Å². The van der Waals surface area contributed by atoms with Crippen LogP contribution in [0.4, 0.5) is 0 Å². The standard InChI is InChI=1S/C18H17N3O5/c1-4-26-18(25)13-9(2)14(19-10(13)3)15(22)20-21-16(23)11-7-5-6-8-12(11)17(21)24/h5-8,19H,4H2,1-3H3,(H,20,22). The Morgan fingerprint density at radius 3 is 2.23 bits per heavy atom. The number of aromatic nitrogens is 1. The lowest BCUT2D eigenvalue weighted by Gasteiger charge is -2.14. The topological polar surface area (TPSA) is 109 Å². The van der Waals surface area contributed by atoms with Gasteiger partial charge in [0, 0.05) is 5.69 Å². The number of hydrazine groups is 1. The summed E-state index contributed by atoms with van der Waals surface area (Å²) in [5, 5.41) is 0.673. The zero-order valence-electron chi connectivity index (χ0n) is 14.5. The van der Waals surface area contributed by atoms with E-state index in [9.17, 15) is 19.2 Å². The maximum absolute atomic E-state index is 12.6. The van der Waals surface area contributed by atoms with Crippen molar-refractivity contribution in [2.75, 3.05) is 6.61 Å². The van der Waals surface area contributed by atoms with Crippen molar-refractivity contribution in [3.63, 3.8) is 0 Å². The number of esters is 1. The van der Waals surface area contributed by atoms with Gasteiger partial charge in [-0.05, 0) is 38.5 Å². The van der Waals surface area contributed by atoms with E-state index in [0.29, 0.717) is 16.3 Å². The highest BCUT2D eigenvalue weighted by Crippen LogP contribution is 2.22. The van der Waals surface area contributed by atoms with Gasteiger partial charge in [0.2, 0.25) is 0 Å². The Kier molecular flexibility index (Phi) is 4.33. The first-order valence-electron chi connectivity index (χ1n) is 8.01. The normalized spacial score (nSPS) is 13.0. The summed E-state index contributed by atoms with van der Waals surface area (Å²) < 4.78 is 4.98. The molecule has 2 N–H and O–H groups in total. The van der Waals surface area contributed by atoms with Crippen molar-refractivity contribution < 1.29 is 23.9 Å². The van der Waals surface area contributed by atoms with E-state index in [1.165, 1.54) is 12.1 Å². The number of amides is 3. The SMILES string of the molecule is CCOC(=O)c1c(C)[nH]c(C(=O)NN2C(=O)c3ccccc3C2=O)c1C. The van der Waals surface area contributed by atoms with Gasteiger partial charge in [-0.25, -0.2) is 4.79 Å². The fraction of sp³-hybridized carbons (Fsp3) is 0.222. The number of hydrogen-bond donors (Lipinski definition) is 2. The third kappa shape index (κ3) is 2.65. The molecule has 0 saturated carbocycles. The molecule has 8 heteroatoms. The molecule has 0 atom stereocenters. The van der Waals surface area contributed by atoms with Crippen LogP contribution in [0.5, 0.6) is 0 Å². The number of imide groups is 1. The lowest BCUT2D eigenvalue weighted by atomic mass is 10.1. The van der Waals surface area contributed by atoms with E-state index in [0.717, 1.165) is 0 Å². The van der Waals surface area contributed by atoms with Crippen LogP contribution in [-0.2, 0) is 4.74 Å². The Morgan fingerprint density at radius 2 is 1.69 bits per heavy atom. The maximum Gasteiger partial charge on any atom is 0.340 e. The van der Waals surface area contributed by atoms with Crippen LogP contribution < -0.4 is 5.43 Å². The monoisotopic (exact) mass is 355 g/mol. The molecule has 1 aromatic carbocycles. The molecule has 0 bridgehead atoms. The summed E-state index contributed by atoms with van der Waals surface area (Å²) >= 11 is 0. The number of H-pyrrole nitrogens is 1. The first-order valence-corrected chi connectivity index (χ1v) is 8.01. The molecule has 2 aromatic rings. The third-order valence-corrected chi connectivity index (χ3v) is 4.15. The van der Waals surface area contributed by atoms with Gasteiger partial charge >= 0.3 is 5.97 Å². The van der Waals surface area contributed by atoms with Crippen LogP contribution in [0, 0.1) is 13.8 Å². The van der Waals surface area contributed by atoms with Crippen molar-refractivity contribution in [2.24, 2.45) is 0 Å². The number of hydrogen-bond acceptors (Lipinski definition) is 5. The molecule has 0 unspecified atom stereocenters. The Labute approximate surface area is 149 Å². The van der Waals surface area contributed by atoms with Crippen molar-refractivity contribution in [1.82, 2.24) is 15.4 Å². The van der Waals surface area contributed by atoms with Gasteiger partial charge in [0.05, 0.1) is 23.3 Å². The smallest absolute Gasteiger partial charge is 0.340 e. The number of carbonyl (C=O) groups is 4. The van der Waals surface area contributed by atoms with E-state index >= 15 is 0 Å². The second-order valence-electron chi connectivity index (χ2n) is 5.78. The number of nitrogens with zero attached hydrogens (tertiary/aromatic N) is 1. The molecule has 0 spiro atoms. The summed E-state index contributed by atoms with van der Waals surface area (Å²) in [4.78, 5) is 52.1. The van der Waals surface area contributed by atoms with Gasteiger partial charge in [0.15, 0.2) is 0 Å². The second-order valence-corrected chi connectivity index (χ2v) is 5.78. The lowest BCUT2D eigenvalue weighted by molar-refractivity contribution is 0.0510. The highest BCUT2D eigenvalue weighted by Gasteiger charge is 2.37. The summed E-state index contributed by atoms with van der Waals surface area (Å²) in [5.74, 6) is -2.45. The number of aromatic amines is 1. The molecule has 0 aliphatic carbocycles. The molecule has 0 saturated heterocycles. The van der Waals surface area contributed by atoms with Gasteiger partial charge in [-0.2, -0.15) is 5.01 Å². The molecule has 0 fully saturated rings. The minimum atomic E-state index is -0.698. The number of carbonyl (C=O) groups excluding carboxylic acids is 4. The Hall–Kier alpha value is -3.42. The molecule has 0 radical (unpaired) electrons. The molecule has 1 aromatic heterocycles. The quantitative estimate of drug-likeness (QED) is 0.641. The molecule has 134 valence electrons. The van der Waals surface area contributed by atoms with E-state index in [4.69, 9.17) is 4.74 Å². The van der Waals surface area contributed by atoms with Crippen LogP contribution in [0.3, 0.4) is 0 Å². The highest BCUT2D eigenvalue weighted by atomic mass is 16.5. The van der Waals surface area contributed by atoms with Crippen molar-refractivity contribution in [3.05, 3.63) is 57.9 Å². The summed E-state index contributed by atoms with van der Waals surface area (Å²) in [5.41, 5.74) is 3.96. The van der Waals surface area contributed by atoms with Crippen LogP contribution >= 0.6 is 0 Å². The number of benzene rings is 1. The van der Waals surface area contributed by atoms with Gasteiger partial charge < -0.3 is 9.72 Å². The fourth-order valence-electron chi connectivity index (χ4n) is 2.93. The minimum Gasteiger partial charge on any atom is -0.462 e. The first-order chi connectivity index (χ1) is 12.4. The van der Waals surface area contributed by atoms with Crippen LogP contribution in [0.1, 0.15) is 59.7 Å². The largest absolute Gasteiger partial charge is 0.462 e. The van der Waals surface area contributed by atoms with Crippen molar-refractivity contribution in [3.8, 4) is 0 Å². The number of fused-ring (bicyclic) bond motifs is 1. The van der Waals surface area contributed by atoms with E-state index in [-0.39, 0.29) is 29.0 Å². The molecule has 3 amide bonds. The molecule has 2 heterocycles. The number of rotatable bonds is 4. The Bertz CT molecular complexity index is 909. The number of aryl methyl sites for hydroxylation is 1. The Morgan fingerprint density at radius 1 is 1.12 bits per heavy atom. The van der Waals surface area contributed by atoms with Gasteiger partial charge in [0.25, 0.3) is 17.7 Å². The predicted octanol–water partition coefficient (Wildman–Crippen LogP) is 1.75. The highest BCUT2D eigenvalue weighted by molar-refractivity contribution is 6.22. The van der Waals surface area contributed by atoms with Gasteiger partial charge in [-0.15, -0.1) is 0 Å². The zero-order valence-corrected chi connectivity index (χ0v) is 14.5. The number of ether oxygens (including phenoxy) is 1. The van der Waals surface area contributed by atoms with Crippen molar-refractivity contribution in [1.29, 1.82) is 0 Å². The van der Waals surface area contributed by atoms with E-state index in [1.807, 2.05) is 0 Å². The van der Waals surface area contributed by atoms with Crippen LogP contribution in [-0.4, -0.2) is 40.3 Å². The summed E-state index contributed by atoms with van der Waals surface area (Å²) in [6, 6.07) is 6.31. The van der Waals surface area contributed by atoms with Crippen LogP contribution in [0.2, 0.25) is 0 Å². The number of nitrogens with one attached hydrogen (secondary N) is 2. The predicted molar refractivity (Wildman–Crippen MR) is 90.6 cm³/mol. The third-order valence-electron chi connectivity index (χ3n) is 4.15. The van der Waals surface area contributed by atoms with Gasteiger partial charge in [0.1, 0.15) is 5.69 Å².